The SMILES string of the molecule is NC1CCC(O)(Cc2cc(Br)cs2)C1. The third-order valence-corrected chi connectivity index (χ3v) is 4.45. The van der Waals surface area contributed by atoms with Crippen molar-refractivity contribution >= 4 is 27.3 Å². The van der Waals surface area contributed by atoms with Gasteiger partial charge in [-0.05, 0) is 41.3 Å². The highest BCUT2D eigenvalue weighted by molar-refractivity contribution is 9.10. The van der Waals surface area contributed by atoms with Crippen LogP contribution in [0.5, 0.6) is 0 Å². The van der Waals surface area contributed by atoms with Gasteiger partial charge in [0, 0.05) is 27.2 Å². The lowest BCUT2D eigenvalue weighted by atomic mass is 9.97. The number of rotatable bonds is 2. The Hall–Kier alpha value is 0.1000. The number of thiophene rings is 1. The Morgan fingerprint density at radius 1 is 1.71 bits per heavy atom. The molecule has 4 heteroatoms. The first-order valence-corrected chi connectivity index (χ1v) is 6.46. The normalized spacial score (nSPS) is 32.4. The van der Waals surface area contributed by atoms with Crippen molar-refractivity contribution in [2.45, 2.75) is 37.3 Å². The summed E-state index contributed by atoms with van der Waals surface area (Å²) in [5.74, 6) is 0. The molecule has 2 atom stereocenters. The molecule has 1 aromatic rings. The van der Waals surface area contributed by atoms with Crippen molar-refractivity contribution in [3.8, 4) is 0 Å². The first-order valence-electron chi connectivity index (χ1n) is 4.78. The molecule has 0 bridgehead atoms. The fourth-order valence-electron chi connectivity index (χ4n) is 2.08. The summed E-state index contributed by atoms with van der Waals surface area (Å²) in [6.45, 7) is 0. The quantitative estimate of drug-likeness (QED) is 0.870. The van der Waals surface area contributed by atoms with Gasteiger partial charge in [0.2, 0.25) is 0 Å². The minimum Gasteiger partial charge on any atom is -0.389 e. The Morgan fingerprint density at radius 2 is 2.50 bits per heavy atom. The van der Waals surface area contributed by atoms with Crippen molar-refractivity contribution < 1.29 is 5.11 Å². The largest absolute Gasteiger partial charge is 0.389 e. The van der Waals surface area contributed by atoms with E-state index in [0.29, 0.717) is 0 Å². The second-order valence-corrected chi connectivity index (χ2v) is 6.05. The number of halogens is 1. The molecule has 1 fully saturated rings. The molecular formula is C10H14BrNOS. The molecule has 1 aromatic heterocycles. The highest BCUT2D eigenvalue weighted by Crippen LogP contribution is 2.34. The maximum atomic E-state index is 10.2. The fourth-order valence-corrected chi connectivity index (χ4v) is 3.66. The predicted molar refractivity (Wildman–Crippen MR) is 62.5 cm³/mol. The van der Waals surface area contributed by atoms with Gasteiger partial charge in [-0.1, -0.05) is 0 Å². The van der Waals surface area contributed by atoms with Gasteiger partial charge in [-0.3, -0.25) is 0 Å². The first kappa shape index (κ1) is 10.6. The molecule has 1 heterocycles. The van der Waals surface area contributed by atoms with Crippen LogP contribution in [0.2, 0.25) is 0 Å². The van der Waals surface area contributed by atoms with Crippen LogP contribution in [0.15, 0.2) is 15.9 Å². The average molecular weight is 276 g/mol. The monoisotopic (exact) mass is 275 g/mol. The van der Waals surface area contributed by atoms with Crippen molar-refractivity contribution in [2.75, 3.05) is 0 Å². The minimum absolute atomic E-state index is 0.184. The molecule has 1 saturated carbocycles. The molecule has 3 N–H and O–H groups in total. The van der Waals surface area contributed by atoms with E-state index in [1.165, 1.54) is 4.88 Å². The summed E-state index contributed by atoms with van der Waals surface area (Å²) in [7, 11) is 0. The molecule has 0 aromatic carbocycles. The van der Waals surface area contributed by atoms with Crippen LogP contribution in [0.1, 0.15) is 24.1 Å². The molecule has 2 rings (SSSR count). The second kappa shape index (κ2) is 3.93. The van der Waals surface area contributed by atoms with Crippen molar-refractivity contribution in [2.24, 2.45) is 5.73 Å². The lowest BCUT2D eigenvalue weighted by Gasteiger charge is -2.21. The van der Waals surface area contributed by atoms with Crippen LogP contribution < -0.4 is 5.73 Å². The van der Waals surface area contributed by atoms with E-state index in [2.05, 4.69) is 22.0 Å². The number of aliphatic hydroxyl groups is 1. The Balaban J connectivity index is 2.03. The van der Waals surface area contributed by atoms with Crippen LogP contribution in [-0.4, -0.2) is 16.7 Å². The smallest absolute Gasteiger partial charge is 0.0711 e. The zero-order chi connectivity index (χ0) is 10.2. The van der Waals surface area contributed by atoms with E-state index in [1.54, 1.807) is 11.3 Å². The van der Waals surface area contributed by atoms with Crippen LogP contribution in [0.25, 0.3) is 0 Å². The molecule has 2 unspecified atom stereocenters. The summed E-state index contributed by atoms with van der Waals surface area (Å²) < 4.78 is 1.10. The lowest BCUT2D eigenvalue weighted by molar-refractivity contribution is 0.0476. The molecule has 1 aliphatic rings. The average Bonchev–Trinajstić information content (AvgIpc) is 2.60. The molecule has 0 amide bonds. The van der Waals surface area contributed by atoms with Crippen LogP contribution in [0.3, 0.4) is 0 Å². The van der Waals surface area contributed by atoms with E-state index in [1.807, 2.05) is 5.38 Å². The molecule has 0 spiro atoms. The molecular weight excluding hydrogens is 262 g/mol. The molecule has 0 saturated heterocycles. The predicted octanol–water partition coefficient (Wildman–Crippen LogP) is 2.30. The maximum absolute atomic E-state index is 10.2. The van der Waals surface area contributed by atoms with E-state index in [0.717, 1.165) is 30.2 Å². The molecule has 0 aliphatic heterocycles. The summed E-state index contributed by atoms with van der Waals surface area (Å²) in [4.78, 5) is 1.23. The second-order valence-electron chi connectivity index (χ2n) is 4.14. The van der Waals surface area contributed by atoms with Crippen molar-refractivity contribution in [1.82, 2.24) is 0 Å². The van der Waals surface area contributed by atoms with Crippen LogP contribution in [0.4, 0.5) is 0 Å². The maximum Gasteiger partial charge on any atom is 0.0711 e. The van der Waals surface area contributed by atoms with E-state index in [-0.39, 0.29) is 6.04 Å². The number of hydrogen-bond acceptors (Lipinski definition) is 3. The third kappa shape index (κ3) is 2.37. The van der Waals surface area contributed by atoms with Crippen molar-refractivity contribution in [3.05, 3.63) is 20.8 Å². The van der Waals surface area contributed by atoms with Crippen molar-refractivity contribution in [1.29, 1.82) is 0 Å². The Labute approximate surface area is 96.3 Å². The fraction of sp³-hybridized carbons (Fsp3) is 0.600. The lowest BCUT2D eigenvalue weighted by Crippen LogP contribution is -2.29. The Bertz CT molecular complexity index is 328. The minimum atomic E-state index is -0.552. The van der Waals surface area contributed by atoms with Crippen LogP contribution in [-0.2, 0) is 6.42 Å². The summed E-state index contributed by atoms with van der Waals surface area (Å²) in [5.41, 5.74) is 5.25. The van der Waals surface area contributed by atoms with Crippen molar-refractivity contribution in [3.63, 3.8) is 0 Å². The van der Waals surface area contributed by atoms with Gasteiger partial charge in [0.1, 0.15) is 0 Å². The first-order chi connectivity index (χ1) is 6.57. The van der Waals surface area contributed by atoms with Crippen LogP contribution >= 0.6 is 27.3 Å². The van der Waals surface area contributed by atoms with Gasteiger partial charge in [0.15, 0.2) is 0 Å². The van der Waals surface area contributed by atoms with Gasteiger partial charge in [-0.25, -0.2) is 0 Å². The van der Waals surface area contributed by atoms with E-state index in [4.69, 9.17) is 5.73 Å². The Kier molecular flexibility index (Phi) is 2.98. The summed E-state index contributed by atoms with van der Waals surface area (Å²) in [5, 5.41) is 12.3. The van der Waals surface area contributed by atoms with E-state index >= 15 is 0 Å². The van der Waals surface area contributed by atoms with Gasteiger partial charge in [0.25, 0.3) is 0 Å². The molecule has 78 valence electrons. The van der Waals surface area contributed by atoms with Gasteiger partial charge in [-0.2, -0.15) is 0 Å². The van der Waals surface area contributed by atoms with Gasteiger partial charge in [0.05, 0.1) is 5.60 Å². The van der Waals surface area contributed by atoms with Gasteiger partial charge < -0.3 is 10.8 Å². The number of nitrogens with two attached hydrogens (primary N) is 1. The van der Waals surface area contributed by atoms with E-state index in [9.17, 15) is 5.11 Å². The summed E-state index contributed by atoms with van der Waals surface area (Å²) in [6, 6.07) is 2.26. The topological polar surface area (TPSA) is 46.2 Å². The molecule has 14 heavy (non-hydrogen) atoms. The van der Waals surface area contributed by atoms with Gasteiger partial charge >= 0.3 is 0 Å². The summed E-state index contributed by atoms with van der Waals surface area (Å²) in [6.07, 6.45) is 3.27. The highest BCUT2D eigenvalue weighted by atomic mass is 79.9. The molecule has 1 aliphatic carbocycles. The third-order valence-electron chi connectivity index (χ3n) is 2.75. The Morgan fingerprint density at radius 3 is 3.00 bits per heavy atom. The summed E-state index contributed by atoms with van der Waals surface area (Å²) >= 11 is 5.10. The molecule has 2 nitrogen and oxygen atoms in total. The highest BCUT2D eigenvalue weighted by Gasteiger charge is 2.35. The zero-order valence-corrected chi connectivity index (χ0v) is 10.3. The standard InChI is InChI=1S/C10H14BrNOS/c11-7-3-9(14-6-7)5-10(13)2-1-8(12)4-10/h3,6,8,13H,1-2,4-5,12H2. The molecule has 0 radical (unpaired) electrons. The van der Waals surface area contributed by atoms with E-state index < -0.39 is 5.60 Å². The van der Waals surface area contributed by atoms with Gasteiger partial charge in [-0.15, -0.1) is 11.3 Å². The number of hydrogen-bond donors (Lipinski definition) is 2. The zero-order valence-electron chi connectivity index (χ0n) is 7.87. The van der Waals surface area contributed by atoms with Crippen LogP contribution in [0, 0.1) is 0 Å².